The second kappa shape index (κ2) is 4.63. The molecule has 1 heterocycles. The minimum Gasteiger partial charge on any atom is -0.508 e. The molecule has 0 aromatic heterocycles. The van der Waals surface area contributed by atoms with Crippen molar-refractivity contribution < 1.29 is 19.7 Å². The first kappa shape index (κ1) is 11.7. The summed E-state index contributed by atoms with van der Waals surface area (Å²) in [5.41, 5.74) is 0.275. The van der Waals surface area contributed by atoms with Crippen LogP contribution in [-0.2, 0) is 4.74 Å². The molecule has 17 heavy (non-hydrogen) atoms. The molecule has 1 atom stereocenters. The number of aromatic hydroxyl groups is 2. The smallest absolute Gasteiger partial charge is 0.254 e. The molecular weight excluding hydrogens is 222 g/mol. The number of carbonyl (C=O) groups is 1. The number of phenolic OH excluding ortho intramolecular Hbond substituents is 2. The van der Waals surface area contributed by atoms with E-state index in [0.29, 0.717) is 13.2 Å². The fraction of sp³-hybridized carbons (Fsp3) is 0.417. The molecule has 1 aliphatic heterocycles. The van der Waals surface area contributed by atoms with Crippen LogP contribution >= 0.6 is 0 Å². The van der Waals surface area contributed by atoms with Crippen LogP contribution in [0.2, 0.25) is 0 Å². The van der Waals surface area contributed by atoms with Crippen molar-refractivity contribution in [2.45, 2.75) is 12.5 Å². The van der Waals surface area contributed by atoms with Gasteiger partial charge in [-0.15, -0.1) is 0 Å². The molecule has 1 aromatic rings. The summed E-state index contributed by atoms with van der Waals surface area (Å²) in [7, 11) is 1.70. The maximum absolute atomic E-state index is 12.1. The maximum Gasteiger partial charge on any atom is 0.254 e. The summed E-state index contributed by atoms with van der Waals surface area (Å²) in [5.74, 6) is -0.472. The minimum atomic E-state index is -0.230. The lowest BCUT2D eigenvalue weighted by molar-refractivity contribution is 0.0710. The minimum absolute atomic E-state index is 0.0620. The average molecular weight is 237 g/mol. The van der Waals surface area contributed by atoms with E-state index >= 15 is 0 Å². The van der Waals surface area contributed by atoms with Gasteiger partial charge in [0.05, 0.1) is 12.6 Å². The number of phenols is 2. The first-order valence-corrected chi connectivity index (χ1v) is 5.46. The average Bonchev–Trinajstić information content (AvgIpc) is 2.79. The van der Waals surface area contributed by atoms with E-state index in [2.05, 4.69) is 0 Å². The van der Waals surface area contributed by atoms with Crippen molar-refractivity contribution in [1.82, 2.24) is 4.90 Å². The van der Waals surface area contributed by atoms with Gasteiger partial charge in [0.15, 0.2) is 0 Å². The van der Waals surface area contributed by atoms with E-state index in [1.54, 1.807) is 11.9 Å². The molecular formula is C12H15NO4. The molecule has 92 valence electrons. The highest BCUT2D eigenvalue weighted by molar-refractivity contribution is 5.95. The zero-order chi connectivity index (χ0) is 12.4. The van der Waals surface area contributed by atoms with Gasteiger partial charge >= 0.3 is 0 Å². The van der Waals surface area contributed by atoms with Gasteiger partial charge in [-0.1, -0.05) is 0 Å². The number of ether oxygens (including phenoxy) is 1. The van der Waals surface area contributed by atoms with E-state index in [-0.39, 0.29) is 29.0 Å². The van der Waals surface area contributed by atoms with E-state index in [9.17, 15) is 15.0 Å². The first-order valence-electron chi connectivity index (χ1n) is 5.46. The van der Waals surface area contributed by atoms with Crippen LogP contribution in [0.3, 0.4) is 0 Å². The Labute approximate surface area is 99.2 Å². The van der Waals surface area contributed by atoms with Gasteiger partial charge in [-0.25, -0.2) is 0 Å². The summed E-state index contributed by atoms with van der Waals surface area (Å²) in [5, 5.41) is 18.7. The Kier molecular flexibility index (Phi) is 3.19. The maximum atomic E-state index is 12.1. The zero-order valence-electron chi connectivity index (χ0n) is 9.59. The summed E-state index contributed by atoms with van der Waals surface area (Å²) in [6.45, 7) is 1.20. The van der Waals surface area contributed by atoms with Crippen LogP contribution in [0.5, 0.6) is 11.5 Å². The van der Waals surface area contributed by atoms with Gasteiger partial charge in [0.1, 0.15) is 11.5 Å². The van der Waals surface area contributed by atoms with Crippen molar-refractivity contribution in [2.24, 2.45) is 0 Å². The molecule has 1 unspecified atom stereocenters. The van der Waals surface area contributed by atoms with Gasteiger partial charge in [-0.3, -0.25) is 4.79 Å². The highest BCUT2D eigenvalue weighted by Crippen LogP contribution is 2.22. The highest BCUT2D eigenvalue weighted by atomic mass is 16.5. The predicted molar refractivity (Wildman–Crippen MR) is 61.1 cm³/mol. The zero-order valence-corrected chi connectivity index (χ0v) is 9.59. The Morgan fingerprint density at radius 3 is 2.53 bits per heavy atom. The van der Waals surface area contributed by atoms with Crippen LogP contribution in [0.4, 0.5) is 0 Å². The molecule has 5 heteroatoms. The van der Waals surface area contributed by atoms with Gasteiger partial charge < -0.3 is 19.8 Å². The molecule has 1 amide bonds. The monoisotopic (exact) mass is 237 g/mol. The standard InChI is InChI=1S/C12H15NO4/c1-13(9-2-3-17-7-9)12(16)8-4-10(14)6-11(15)5-8/h4-6,9,14-15H,2-3,7H2,1H3. The predicted octanol–water partition coefficient (Wildman–Crippen LogP) is 0.959. The number of hydrogen-bond donors (Lipinski definition) is 2. The summed E-state index contributed by atoms with van der Waals surface area (Å²) in [6.07, 6.45) is 0.813. The van der Waals surface area contributed by atoms with Crippen LogP contribution in [0.15, 0.2) is 18.2 Å². The third-order valence-corrected chi connectivity index (χ3v) is 2.92. The largest absolute Gasteiger partial charge is 0.508 e. The number of rotatable bonds is 2. The second-order valence-corrected chi connectivity index (χ2v) is 4.17. The Morgan fingerprint density at radius 2 is 2.00 bits per heavy atom. The van der Waals surface area contributed by atoms with E-state index in [0.717, 1.165) is 6.42 Å². The van der Waals surface area contributed by atoms with Crippen LogP contribution in [0, 0.1) is 0 Å². The Hall–Kier alpha value is -1.75. The van der Waals surface area contributed by atoms with Crippen LogP contribution in [-0.4, -0.2) is 47.3 Å². The third-order valence-electron chi connectivity index (χ3n) is 2.92. The SMILES string of the molecule is CN(C(=O)c1cc(O)cc(O)c1)C1CCOC1. The Balaban J connectivity index is 2.17. The quantitative estimate of drug-likeness (QED) is 0.803. The fourth-order valence-corrected chi connectivity index (χ4v) is 1.92. The van der Waals surface area contributed by atoms with Crippen molar-refractivity contribution in [2.75, 3.05) is 20.3 Å². The lowest BCUT2D eigenvalue weighted by atomic mass is 10.1. The molecule has 2 rings (SSSR count). The third kappa shape index (κ3) is 2.50. The molecule has 0 aliphatic carbocycles. The van der Waals surface area contributed by atoms with Gasteiger partial charge in [0.2, 0.25) is 0 Å². The summed E-state index contributed by atoms with van der Waals surface area (Å²) >= 11 is 0. The molecule has 0 radical (unpaired) electrons. The molecule has 1 fully saturated rings. The Bertz CT molecular complexity index is 406. The lowest BCUT2D eigenvalue weighted by Gasteiger charge is -2.23. The fourth-order valence-electron chi connectivity index (χ4n) is 1.92. The number of hydrogen-bond acceptors (Lipinski definition) is 4. The molecule has 0 spiro atoms. The summed E-state index contributed by atoms with van der Waals surface area (Å²) in [4.78, 5) is 13.7. The number of amides is 1. The number of carbonyl (C=O) groups excluding carboxylic acids is 1. The van der Waals surface area contributed by atoms with Gasteiger partial charge in [-0.2, -0.15) is 0 Å². The van der Waals surface area contributed by atoms with Crippen molar-refractivity contribution in [3.8, 4) is 11.5 Å². The summed E-state index contributed by atoms with van der Waals surface area (Å²) in [6, 6.07) is 3.94. The number of nitrogens with zero attached hydrogens (tertiary/aromatic N) is 1. The van der Waals surface area contributed by atoms with Crippen molar-refractivity contribution in [1.29, 1.82) is 0 Å². The van der Waals surface area contributed by atoms with E-state index in [4.69, 9.17) is 4.74 Å². The second-order valence-electron chi connectivity index (χ2n) is 4.17. The van der Waals surface area contributed by atoms with Crippen LogP contribution < -0.4 is 0 Å². The molecule has 1 saturated heterocycles. The topological polar surface area (TPSA) is 70.0 Å². The molecule has 5 nitrogen and oxygen atoms in total. The van der Waals surface area contributed by atoms with Crippen molar-refractivity contribution in [3.05, 3.63) is 23.8 Å². The highest BCUT2D eigenvalue weighted by Gasteiger charge is 2.25. The van der Waals surface area contributed by atoms with Gasteiger partial charge in [-0.05, 0) is 18.6 Å². The molecule has 1 aromatic carbocycles. The van der Waals surface area contributed by atoms with Crippen LogP contribution in [0.1, 0.15) is 16.8 Å². The summed E-state index contributed by atoms with van der Waals surface area (Å²) < 4.78 is 5.22. The van der Waals surface area contributed by atoms with E-state index < -0.39 is 0 Å². The first-order chi connectivity index (χ1) is 8.08. The van der Waals surface area contributed by atoms with E-state index in [1.165, 1.54) is 18.2 Å². The van der Waals surface area contributed by atoms with Crippen molar-refractivity contribution >= 4 is 5.91 Å². The molecule has 0 bridgehead atoms. The van der Waals surface area contributed by atoms with Crippen molar-refractivity contribution in [3.63, 3.8) is 0 Å². The van der Waals surface area contributed by atoms with Gasteiger partial charge in [0.25, 0.3) is 5.91 Å². The number of likely N-dealkylation sites (N-methyl/N-ethyl adjacent to an activating group) is 1. The lowest BCUT2D eigenvalue weighted by Crippen LogP contribution is -2.37. The Morgan fingerprint density at radius 1 is 1.35 bits per heavy atom. The normalized spacial score (nSPS) is 19.2. The van der Waals surface area contributed by atoms with Gasteiger partial charge in [0, 0.05) is 25.3 Å². The molecule has 2 N–H and O–H groups in total. The molecule has 0 saturated carbocycles. The number of benzene rings is 1. The van der Waals surface area contributed by atoms with Crippen LogP contribution in [0.25, 0.3) is 0 Å². The molecule has 1 aliphatic rings. The van der Waals surface area contributed by atoms with E-state index in [1.807, 2.05) is 0 Å².